The van der Waals surface area contributed by atoms with Crippen LogP contribution in [-0.4, -0.2) is 0 Å². The summed E-state index contributed by atoms with van der Waals surface area (Å²) in [6.07, 6.45) is 1.90. The van der Waals surface area contributed by atoms with Crippen molar-refractivity contribution in [2.24, 2.45) is 5.73 Å². The van der Waals surface area contributed by atoms with E-state index in [9.17, 15) is 0 Å². The molecule has 106 valence electrons. The van der Waals surface area contributed by atoms with Gasteiger partial charge in [-0.25, -0.2) is 0 Å². The molecule has 1 atom stereocenters. The van der Waals surface area contributed by atoms with E-state index in [1.165, 1.54) is 27.5 Å². The smallest absolute Gasteiger partial charge is 0.0338 e. The lowest BCUT2D eigenvalue weighted by Gasteiger charge is -2.17. The standard InChI is InChI=1S/C20H21N/c1-2-15-8-3-6-13-19(15)20(21)14-17-11-7-10-16-9-4-5-12-18(16)17/h3-13,20H,2,14,21H2,1H3. The molecule has 0 amide bonds. The Hall–Kier alpha value is -2.12. The van der Waals surface area contributed by atoms with Crippen molar-refractivity contribution >= 4 is 10.8 Å². The fraction of sp³-hybridized carbons (Fsp3) is 0.200. The highest BCUT2D eigenvalue weighted by Gasteiger charge is 2.12. The summed E-state index contributed by atoms with van der Waals surface area (Å²) in [7, 11) is 0. The maximum atomic E-state index is 6.49. The molecule has 0 bridgehead atoms. The van der Waals surface area contributed by atoms with E-state index in [-0.39, 0.29) is 6.04 Å². The largest absolute Gasteiger partial charge is 0.324 e. The predicted octanol–water partition coefficient (Wildman–Crippen LogP) is 4.64. The normalized spacial score (nSPS) is 12.5. The Balaban J connectivity index is 1.95. The third kappa shape index (κ3) is 2.84. The average Bonchev–Trinajstić information content (AvgIpc) is 2.55. The molecule has 3 aromatic carbocycles. The van der Waals surface area contributed by atoms with Crippen LogP contribution >= 0.6 is 0 Å². The van der Waals surface area contributed by atoms with E-state index in [1.807, 2.05) is 0 Å². The molecule has 0 aromatic heterocycles. The molecular weight excluding hydrogens is 254 g/mol. The van der Waals surface area contributed by atoms with Gasteiger partial charge in [0.25, 0.3) is 0 Å². The van der Waals surface area contributed by atoms with Crippen LogP contribution in [0.3, 0.4) is 0 Å². The topological polar surface area (TPSA) is 26.0 Å². The minimum absolute atomic E-state index is 0.0481. The Morgan fingerprint density at radius 1 is 0.810 bits per heavy atom. The van der Waals surface area contributed by atoms with Gasteiger partial charge in [0.15, 0.2) is 0 Å². The summed E-state index contributed by atoms with van der Waals surface area (Å²) in [5.41, 5.74) is 10.4. The van der Waals surface area contributed by atoms with Gasteiger partial charge in [-0.15, -0.1) is 0 Å². The van der Waals surface area contributed by atoms with Crippen LogP contribution in [0.1, 0.15) is 29.7 Å². The van der Waals surface area contributed by atoms with Gasteiger partial charge in [0.1, 0.15) is 0 Å². The first-order chi connectivity index (χ1) is 10.3. The summed E-state index contributed by atoms with van der Waals surface area (Å²) in [6, 6.07) is 23.5. The molecule has 1 unspecified atom stereocenters. The molecule has 0 saturated carbocycles. The molecule has 0 radical (unpaired) electrons. The number of hydrogen-bond donors (Lipinski definition) is 1. The number of rotatable bonds is 4. The molecular formula is C20H21N. The summed E-state index contributed by atoms with van der Waals surface area (Å²) in [6.45, 7) is 2.18. The summed E-state index contributed by atoms with van der Waals surface area (Å²) in [5, 5.41) is 2.59. The molecule has 0 aliphatic heterocycles. The lowest BCUT2D eigenvalue weighted by Crippen LogP contribution is -2.15. The van der Waals surface area contributed by atoms with Crippen molar-refractivity contribution in [1.29, 1.82) is 0 Å². The summed E-state index contributed by atoms with van der Waals surface area (Å²) >= 11 is 0. The molecule has 21 heavy (non-hydrogen) atoms. The van der Waals surface area contributed by atoms with E-state index in [1.54, 1.807) is 0 Å². The summed E-state index contributed by atoms with van der Waals surface area (Å²) in [4.78, 5) is 0. The fourth-order valence-electron chi connectivity index (χ4n) is 3.04. The highest BCUT2D eigenvalue weighted by molar-refractivity contribution is 5.85. The number of hydrogen-bond acceptors (Lipinski definition) is 1. The van der Waals surface area contributed by atoms with Crippen molar-refractivity contribution in [1.82, 2.24) is 0 Å². The zero-order chi connectivity index (χ0) is 14.7. The van der Waals surface area contributed by atoms with Crippen LogP contribution in [0, 0.1) is 0 Å². The first-order valence-electron chi connectivity index (χ1n) is 7.59. The third-order valence-electron chi connectivity index (χ3n) is 4.16. The molecule has 0 heterocycles. The lowest BCUT2D eigenvalue weighted by atomic mass is 9.92. The summed E-state index contributed by atoms with van der Waals surface area (Å²) in [5.74, 6) is 0. The monoisotopic (exact) mass is 275 g/mol. The predicted molar refractivity (Wildman–Crippen MR) is 90.4 cm³/mol. The molecule has 1 heteroatoms. The average molecular weight is 275 g/mol. The van der Waals surface area contributed by atoms with Crippen molar-refractivity contribution in [3.8, 4) is 0 Å². The van der Waals surface area contributed by atoms with Crippen LogP contribution in [0.5, 0.6) is 0 Å². The van der Waals surface area contributed by atoms with Gasteiger partial charge in [0.2, 0.25) is 0 Å². The van der Waals surface area contributed by atoms with E-state index in [0.29, 0.717) is 0 Å². The second kappa shape index (κ2) is 6.11. The second-order valence-electron chi connectivity index (χ2n) is 5.50. The van der Waals surface area contributed by atoms with E-state index in [0.717, 1.165) is 12.8 Å². The highest BCUT2D eigenvalue weighted by atomic mass is 14.6. The Labute approximate surface area is 126 Å². The highest BCUT2D eigenvalue weighted by Crippen LogP contribution is 2.25. The van der Waals surface area contributed by atoms with Gasteiger partial charge >= 0.3 is 0 Å². The second-order valence-corrected chi connectivity index (χ2v) is 5.50. The van der Waals surface area contributed by atoms with Crippen LogP contribution < -0.4 is 5.73 Å². The Bertz CT molecular complexity index is 740. The quantitative estimate of drug-likeness (QED) is 0.737. The maximum Gasteiger partial charge on any atom is 0.0338 e. The van der Waals surface area contributed by atoms with Crippen LogP contribution in [0.15, 0.2) is 66.7 Å². The first kappa shape index (κ1) is 13.8. The Morgan fingerprint density at radius 3 is 2.33 bits per heavy atom. The molecule has 0 aliphatic rings. The molecule has 0 fully saturated rings. The van der Waals surface area contributed by atoms with Gasteiger partial charge in [0, 0.05) is 6.04 Å². The van der Waals surface area contributed by atoms with Crippen LogP contribution in [-0.2, 0) is 12.8 Å². The molecule has 2 N–H and O–H groups in total. The van der Waals surface area contributed by atoms with E-state index >= 15 is 0 Å². The van der Waals surface area contributed by atoms with Crippen LogP contribution in [0.25, 0.3) is 10.8 Å². The first-order valence-corrected chi connectivity index (χ1v) is 7.59. The van der Waals surface area contributed by atoms with Gasteiger partial charge < -0.3 is 5.73 Å². The molecule has 3 rings (SSSR count). The molecule has 0 aliphatic carbocycles. The van der Waals surface area contributed by atoms with Crippen molar-refractivity contribution in [3.63, 3.8) is 0 Å². The van der Waals surface area contributed by atoms with Crippen molar-refractivity contribution < 1.29 is 0 Å². The van der Waals surface area contributed by atoms with Gasteiger partial charge in [0.05, 0.1) is 0 Å². The van der Waals surface area contributed by atoms with Crippen molar-refractivity contribution in [3.05, 3.63) is 83.4 Å². The maximum absolute atomic E-state index is 6.49. The number of fused-ring (bicyclic) bond motifs is 1. The third-order valence-corrected chi connectivity index (χ3v) is 4.16. The fourth-order valence-corrected chi connectivity index (χ4v) is 3.04. The Kier molecular flexibility index (Phi) is 4.03. The van der Waals surface area contributed by atoms with Crippen molar-refractivity contribution in [2.75, 3.05) is 0 Å². The molecule has 3 aromatic rings. The number of benzene rings is 3. The number of aryl methyl sites for hydroxylation is 1. The van der Waals surface area contributed by atoms with Gasteiger partial charge in [-0.3, -0.25) is 0 Å². The molecule has 1 nitrogen and oxygen atoms in total. The minimum Gasteiger partial charge on any atom is -0.324 e. The van der Waals surface area contributed by atoms with Crippen molar-refractivity contribution in [2.45, 2.75) is 25.8 Å². The number of nitrogens with two attached hydrogens (primary N) is 1. The molecule has 0 saturated heterocycles. The minimum atomic E-state index is 0.0481. The zero-order valence-corrected chi connectivity index (χ0v) is 12.4. The van der Waals surface area contributed by atoms with Gasteiger partial charge in [-0.2, -0.15) is 0 Å². The SMILES string of the molecule is CCc1ccccc1C(N)Cc1cccc2ccccc12. The van der Waals surface area contributed by atoms with E-state index in [2.05, 4.69) is 73.7 Å². The van der Waals surface area contributed by atoms with E-state index < -0.39 is 0 Å². The van der Waals surface area contributed by atoms with Crippen LogP contribution in [0.4, 0.5) is 0 Å². The lowest BCUT2D eigenvalue weighted by molar-refractivity contribution is 0.715. The van der Waals surface area contributed by atoms with Gasteiger partial charge in [-0.1, -0.05) is 73.7 Å². The zero-order valence-electron chi connectivity index (χ0n) is 12.4. The van der Waals surface area contributed by atoms with E-state index in [4.69, 9.17) is 5.73 Å². The van der Waals surface area contributed by atoms with Gasteiger partial charge in [-0.05, 0) is 40.3 Å². The van der Waals surface area contributed by atoms with Crippen LogP contribution in [0.2, 0.25) is 0 Å². The summed E-state index contributed by atoms with van der Waals surface area (Å²) < 4.78 is 0. The Morgan fingerprint density at radius 2 is 1.48 bits per heavy atom. The molecule has 0 spiro atoms.